The Morgan fingerprint density at radius 2 is 1.92 bits per heavy atom. The Kier molecular flexibility index (Phi) is 10.9. The highest BCUT2D eigenvalue weighted by molar-refractivity contribution is 9.10. The molecule has 0 aliphatic carbocycles. The summed E-state index contributed by atoms with van der Waals surface area (Å²) < 4.78 is 6.41. The second-order valence-corrected chi connectivity index (χ2v) is 7.46. The van der Waals surface area contributed by atoms with E-state index in [0.29, 0.717) is 12.3 Å². The van der Waals surface area contributed by atoms with Crippen molar-refractivity contribution in [3.05, 3.63) is 22.7 Å². The number of nitrogens with one attached hydrogen (secondary N) is 2. The predicted molar refractivity (Wildman–Crippen MR) is 115 cm³/mol. The normalized spacial score (nSPS) is 17.8. The number of anilines is 2. The lowest BCUT2D eigenvalue weighted by Gasteiger charge is -2.30. The van der Waals surface area contributed by atoms with E-state index in [2.05, 4.69) is 37.5 Å². The molecule has 1 aromatic carbocycles. The van der Waals surface area contributed by atoms with E-state index < -0.39 is 0 Å². The third kappa shape index (κ3) is 6.89. The average molecular weight is 469 g/mol. The van der Waals surface area contributed by atoms with Gasteiger partial charge in [0, 0.05) is 24.0 Å². The van der Waals surface area contributed by atoms with Crippen LogP contribution in [0.2, 0.25) is 0 Å². The number of hydrogen-bond acceptors (Lipinski definition) is 4. The molecule has 1 aromatic rings. The molecule has 5 nitrogen and oxygen atoms in total. The Morgan fingerprint density at radius 3 is 2.62 bits per heavy atom. The summed E-state index contributed by atoms with van der Waals surface area (Å²) in [6.07, 6.45) is 3.94. The highest BCUT2D eigenvalue weighted by atomic mass is 79.9. The summed E-state index contributed by atoms with van der Waals surface area (Å²) >= 11 is 3.51. The number of benzene rings is 1. The number of halogens is 3. The second-order valence-electron chi connectivity index (χ2n) is 6.54. The van der Waals surface area contributed by atoms with Crippen LogP contribution in [0, 0.1) is 5.92 Å². The maximum Gasteiger partial charge on any atom is 0.224 e. The Balaban J connectivity index is 0.00000169. The summed E-state index contributed by atoms with van der Waals surface area (Å²) in [7, 11) is 0. The molecule has 0 saturated carbocycles. The summed E-state index contributed by atoms with van der Waals surface area (Å²) in [5.41, 5.74) is 1.97. The average Bonchev–Trinajstić information content (AvgIpc) is 2.62. The second kappa shape index (κ2) is 12.0. The van der Waals surface area contributed by atoms with E-state index in [1.54, 1.807) is 0 Å². The molecule has 0 atom stereocenters. The number of hydrogen-bond donors (Lipinski definition) is 2. The molecular formula is C18H28BrCl2N3O2. The minimum atomic E-state index is 0. The summed E-state index contributed by atoms with van der Waals surface area (Å²) in [4.78, 5) is 14.7. The zero-order valence-corrected chi connectivity index (χ0v) is 18.1. The first-order chi connectivity index (χ1) is 11.7. The van der Waals surface area contributed by atoms with Gasteiger partial charge in [-0.3, -0.25) is 4.79 Å². The van der Waals surface area contributed by atoms with Gasteiger partial charge in [-0.2, -0.15) is 0 Å². The van der Waals surface area contributed by atoms with Gasteiger partial charge in [0.1, 0.15) is 0 Å². The molecule has 2 heterocycles. The van der Waals surface area contributed by atoms with Crippen LogP contribution in [0.25, 0.3) is 0 Å². The third-order valence-corrected chi connectivity index (χ3v) is 5.32. The molecule has 2 saturated heterocycles. The topological polar surface area (TPSA) is 53.6 Å². The molecule has 0 bridgehead atoms. The highest BCUT2D eigenvalue weighted by Gasteiger charge is 2.18. The lowest BCUT2D eigenvalue weighted by Crippen LogP contribution is -2.36. The molecule has 0 aromatic heterocycles. The van der Waals surface area contributed by atoms with Crippen LogP contribution < -0.4 is 15.5 Å². The fourth-order valence-corrected chi connectivity index (χ4v) is 3.77. The quantitative estimate of drug-likeness (QED) is 0.689. The lowest BCUT2D eigenvalue weighted by atomic mass is 9.93. The van der Waals surface area contributed by atoms with Crippen molar-refractivity contribution in [1.29, 1.82) is 0 Å². The van der Waals surface area contributed by atoms with Gasteiger partial charge in [-0.15, -0.1) is 24.8 Å². The molecule has 0 radical (unpaired) electrons. The molecule has 0 spiro atoms. The number of carbonyl (C=O) groups excluding carboxylic acids is 1. The number of nitrogens with zero attached hydrogens (tertiary/aromatic N) is 1. The minimum Gasteiger partial charge on any atom is -0.378 e. The van der Waals surface area contributed by atoms with E-state index >= 15 is 0 Å². The van der Waals surface area contributed by atoms with Crippen LogP contribution in [0.3, 0.4) is 0 Å². The van der Waals surface area contributed by atoms with Crippen LogP contribution in [0.5, 0.6) is 0 Å². The van der Waals surface area contributed by atoms with Gasteiger partial charge in [-0.05, 0) is 56.5 Å². The molecule has 2 N–H and O–H groups in total. The third-order valence-electron chi connectivity index (χ3n) is 4.82. The highest BCUT2D eigenvalue weighted by Crippen LogP contribution is 2.30. The first-order valence-corrected chi connectivity index (χ1v) is 9.64. The van der Waals surface area contributed by atoms with Gasteiger partial charge in [-0.1, -0.05) is 15.9 Å². The van der Waals surface area contributed by atoms with Crippen molar-refractivity contribution in [1.82, 2.24) is 5.32 Å². The number of morpholine rings is 1. The Hall–Kier alpha value is -0.530. The van der Waals surface area contributed by atoms with E-state index in [9.17, 15) is 4.79 Å². The summed E-state index contributed by atoms with van der Waals surface area (Å²) in [6, 6.07) is 6.08. The van der Waals surface area contributed by atoms with Crippen molar-refractivity contribution in [2.75, 3.05) is 49.6 Å². The molecule has 0 unspecified atom stereocenters. The standard InChI is InChI=1S/C18H26BrN3O2.2ClH/c19-15-2-3-17(22-9-11-24-12-10-22)16(13-15)21-18(23)4-1-14-5-7-20-8-6-14;;/h2-3,13-14,20H,1,4-12H2,(H,21,23);2*1H. The Bertz CT molecular complexity index is 565. The number of piperidine rings is 1. The van der Waals surface area contributed by atoms with Crippen molar-refractivity contribution in [3.63, 3.8) is 0 Å². The van der Waals surface area contributed by atoms with E-state index in [4.69, 9.17) is 4.74 Å². The zero-order chi connectivity index (χ0) is 16.8. The Morgan fingerprint density at radius 1 is 1.23 bits per heavy atom. The number of carbonyl (C=O) groups is 1. The summed E-state index contributed by atoms with van der Waals surface area (Å²) in [6.45, 7) is 5.36. The van der Waals surface area contributed by atoms with Crippen LogP contribution in [-0.2, 0) is 9.53 Å². The fraction of sp³-hybridized carbons (Fsp3) is 0.611. The zero-order valence-electron chi connectivity index (χ0n) is 14.8. The van der Waals surface area contributed by atoms with E-state index in [1.807, 2.05) is 12.1 Å². The maximum atomic E-state index is 12.4. The molecule has 1 amide bonds. The molecule has 148 valence electrons. The number of amides is 1. The van der Waals surface area contributed by atoms with Crippen molar-refractivity contribution in [3.8, 4) is 0 Å². The van der Waals surface area contributed by atoms with Crippen molar-refractivity contribution in [2.24, 2.45) is 5.92 Å². The van der Waals surface area contributed by atoms with Gasteiger partial charge in [-0.25, -0.2) is 0 Å². The molecule has 2 fully saturated rings. The molecular weight excluding hydrogens is 441 g/mol. The van der Waals surface area contributed by atoms with Crippen molar-refractivity contribution in [2.45, 2.75) is 25.7 Å². The lowest BCUT2D eigenvalue weighted by molar-refractivity contribution is -0.116. The SMILES string of the molecule is Cl.Cl.O=C(CCC1CCNCC1)Nc1cc(Br)ccc1N1CCOCC1. The van der Waals surface area contributed by atoms with Gasteiger partial charge >= 0.3 is 0 Å². The number of ether oxygens (including phenoxy) is 1. The predicted octanol–water partition coefficient (Wildman–Crippen LogP) is 3.85. The van der Waals surface area contributed by atoms with Crippen molar-refractivity contribution < 1.29 is 9.53 Å². The Labute approximate surface area is 176 Å². The van der Waals surface area contributed by atoms with Gasteiger partial charge in [0.2, 0.25) is 5.91 Å². The molecule has 2 aliphatic heterocycles. The maximum absolute atomic E-state index is 12.4. The van der Waals surface area contributed by atoms with Crippen LogP contribution in [-0.4, -0.2) is 45.3 Å². The molecule has 26 heavy (non-hydrogen) atoms. The van der Waals surface area contributed by atoms with Crippen molar-refractivity contribution >= 4 is 58.0 Å². The smallest absolute Gasteiger partial charge is 0.224 e. The van der Waals surface area contributed by atoms with Gasteiger partial charge < -0.3 is 20.3 Å². The van der Waals surface area contributed by atoms with Gasteiger partial charge in [0.25, 0.3) is 0 Å². The van der Waals surface area contributed by atoms with E-state index in [1.165, 1.54) is 12.8 Å². The molecule has 3 rings (SSSR count). The van der Waals surface area contributed by atoms with Gasteiger partial charge in [0.15, 0.2) is 0 Å². The van der Waals surface area contributed by atoms with Crippen LogP contribution in [0.15, 0.2) is 22.7 Å². The summed E-state index contributed by atoms with van der Waals surface area (Å²) in [5.74, 6) is 0.791. The first kappa shape index (κ1) is 23.5. The fourth-order valence-electron chi connectivity index (χ4n) is 3.41. The van der Waals surface area contributed by atoms with E-state index in [0.717, 1.165) is 61.7 Å². The summed E-state index contributed by atoms with van der Waals surface area (Å²) in [5, 5.41) is 6.49. The largest absolute Gasteiger partial charge is 0.378 e. The monoisotopic (exact) mass is 467 g/mol. The van der Waals surface area contributed by atoms with Crippen LogP contribution in [0.1, 0.15) is 25.7 Å². The minimum absolute atomic E-state index is 0. The van der Waals surface area contributed by atoms with E-state index in [-0.39, 0.29) is 30.7 Å². The van der Waals surface area contributed by atoms with Crippen LogP contribution >= 0.6 is 40.7 Å². The van der Waals surface area contributed by atoms with Gasteiger partial charge in [0.05, 0.1) is 24.6 Å². The number of rotatable bonds is 5. The first-order valence-electron chi connectivity index (χ1n) is 8.85. The molecule has 8 heteroatoms. The molecule has 2 aliphatic rings. The van der Waals surface area contributed by atoms with Crippen LogP contribution in [0.4, 0.5) is 11.4 Å².